The maximum atomic E-state index is 13.6. The standard InChI is InChI=1S/C22H30N4O4/c1-4-30-22(28)25-10-7-15(8-11-25)26-19-6-5-16(24(2)3)13-17(19)20(21(26)27)18-14-29-12-9-23-18/h5-6,13,15,23H,4,7-12,14H2,1-3H3/b20-18-. The molecule has 30 heavy (non-hydrogen) atoms. The zero-order chi connectivity index (χ0) is 21.3. The van der Waals surface area contributed by atoms with E-state index in [9.17, 15) is 9.59 Å². The fourth-order valence-corrected chi connectivity index (χ4v) is 4.39. The Morgan fingerprint density at radius 3 is 2.70 bits per heavy atom. The van der Waals surface area contributed by atoms with Crippen LogP contribution < -0.4 is 15.1 Å². The highest BCUT2D eigenvalue weighted by molar-refractivity contribution is 6.33. The highest BCUT2D eigenvalue weighted by Crippen LogP contribution is 2.42. The third-order valence-corrected chi connectivity index (χ3v) is 5.95. The van der Waals surface area contributed by atoms with Gasteiger partial charge in [-0.15, -0.1) is 0 Å². The van der Waals surface area contributed by atoms with Crippen molar-refractivity contribution in [3.63, 3.8) is 0 Å². The van der Waals surface area contributed by atoms with Gasteiger partial charge in [0.2, 0.25) is 0 Å². The summed E-state index contributed by atoms with van der Waals surface area (Å²) in [5.74, 6) is 0.0171. The van der Waals surface area contributed by atoms with E-state index in [1.165, 1.54) is 0 Å². The molecule has 0 spiro atoms. The first-order valence-corrected chi connectivity index (χ1v) is 10.6. The normalized spacial score (nSPS) is 22.0. The lowest BCUT2D eigenvalue weighted by atomic mass is 10.0. The van der Waals surface area contributed by atoms with Gasteiger partial charge in [-0.25, -0.2) is 4.79 Å². The number of morpholine rings is 1. The van der Waals surface area contributed by atoms with Gasteiger partial charge < -0.3 is 29.5 Å². The Balaban J connectivity index is 1.64. The summed E-state index contributed by atoms with van der Waals surface area (Å²) < 4.78 is 10.7. The van der Waals surface area contributed by atoms with Crippen LogP contribution in [0, 0.1) is 0 Å². The van der Waals surface area contributed by atoms with Crippen LogP contribution in [0.4, 0.5) is 16.2 Å². The molecule has 0 aromatic heterocycles. The van der Waals surface area contributed by atoms with Crippen molar-refractivity contribution < 1.29 is 19.1 Å². The molecule has 0 radical (unpaired) electrons. The highest BCUT2D eigenvalue weighted by atomic mass is 16.6. The molecule has 3 heterocycles. The Morgan fingerprint density at radius 2 is 2.07 bits per heavy atom. The minimum atomic E-state index is -0.272. The first-order chi connectivity index (χ1) is 14.5. The second-order valence-corrected chi connectivity index (χ2v) is 8.02. The SMILES string of the molecule is CCOC(=O)N1CCC(N2C(=O)/C(=C3/COCCN3)c3cc(N(C)C)ccc32)CC1. The molecule has 1 aromatic rings. The summed E-state index contributed by atoms with van der Waals surface area (Å²) in [4.78, 5) is 31.3. The molecule has 4 rings (SSSR count). The van der Waals surface area contributed by atoms with Crippen molar-refractivity contribution in [1.82, 2.24) is 10.2 Å². The highest BCUT2D eigenvalue weighted by Gasteiger charge is 2.40. The molecule has 3 aliphatic heterocycles. The molecule has 162 valence electrons. The molecule has 0 bridgehead atoms. The molecule has 1 N–H and O–H groups in total. The smallest absolute Gasteiger partial charge is 0.409 e. The molecule has 2 saturated heterocycles. The average molecular weight is 415 g/mol. The van der Waals surface area contributed by atoms with Crippen molar-refractivity contribution in [2.24, 2.45) is 0 Å². The van der Waals surface area contributed by atoms with Gasteiger partial charge in [-0.1, -0.05) is 0 Å². The Labute approximate surface area is 177 Å². The molecule has 0 saturated carbocycles. The number of ether oxygens (including phenoxy) is 2. The minimum Gasteiger partial charge on any atom is -0.450 e. The maximum Gasteiger partial charge on any atom is 0.409 e. The van der Waals surface area contributed by atoms with Gasteiger partial charge in [0.05, 0.1) is 36.8 Å². The lowest BCUT2D eigenvalue weighted by Crippen LogP contribution is -2.48. The largest absolute Gasteiger partial charge is 0.450 e. The third kappa shape index (κ3) is 3.71. The number of carbonyl (C=O) groups excluding carboxylic acids is 2. The van der Waals surface area contributed by atoms with E-state index in [0.29, 0.717) is 45.0 Å². The molecule has 0 unspecified atom stereocenters. The molecule has 2 fully saturated rings. The fourth-order valence-electron chi connectivity index (χ4n) is 4.39. The number of hydrogen-bond acceptors (Lipinski definition) is 6. The van der Waals surface area contributed by atoms with Crippen LogP contribution in [0.25, 0.3) is 5.57 Å². The van der Waals surface area contributed by atoms with Crippen LogP contribution in [-0.4, -0.2) is 76.5 Å². The van der Waals surface area contributed by atoms with Crippen molar-refractivity contribution in [2.45, 2.75) is 25.8 Å². The second-order valence-electron chi connectivity index (χ2n) is 8.02. The molecular weight excluding hydrogens is 384 g/mol. The van der Waals surface area contributed by atoms with E-state index in [0.717, 1.165) is 35.5 Å². The van der Waals surface area contributed by atoms with Crippen LogP contribution in [0.15, 0.2) is 23.9 Å². The van der Waals surface area contributed by atoms with Crippen LogP contribution in [0.3, 0.4) is 0 Å². The van der Waals surface area contributed by atoms with Crippen LogP contribution in [0.2, 0.25) is 0 Å². The number of anilines is 2. The summed E-state index contributed by atoms with van der Waals surface area (Å²) in [6, 6.07) is 6.22. The molecule has 1 aromatic carbocycles. The first kappa shape index (κ1) is 20.5. The van der Waals surface area contributed by atoms with Crippen molar-refractivity contribution in [2.75, 3.05) is 63.4 Å². The number of amides is 2. The zero-order valence-electron chi connectivity index (χ0n) is 17.9. The summed E-state index contributed by atoms with van der Waals surface area (Å²) in [7, 11) is 3.99. The molecule has 8 nitrogen and oxygen atoms in total. The topological polar surface area (TPSA) is 74.3 Å². The van der Waals surface area contributed by atoms with Gasteiger partial charge in [-0.05, 0) is 38.0 Å². The number of likely N-dealkylation sites (tertiary alicyclic amines) is 1. The van der Waals surface area contributed by atoms with E-state index in [1.807, 2.05) is 43.0 Å². The molecule has 2 amide bonds. The average Bonchev–Trinajstić information content (AvgIpc) is 3.05. The van der Waals surface area contributed by atoms with E-state index in [1.54, 1.807) is 4.90 Å². The van der Waals surface area contributed by atoms with Gasteiger partial charge in [-0.3, -0.25) is 4.79 Å². The Kier molecular flexibility index (Phi) is 5.85. The summed E-state index contributed by atoms with van der Waals surface area (Å²) in [5.41, 5.74) is 4.51. The van der Waals surface area contributed by atoms with Gasteiger partial charge in [0.25, 0.3) is 5.91 Å². The van der Waals surface area contributed by atoms with Crippen molar-refractivity contribution in [3.8, 4) is 0 Å². The van der Waals surface area contributed by atoms with Crippen LogP contribution in [-0.2, 0) is 14.3 Å². The number of fused-ring (bicyclic) bond motifs is 1. The molecule has 0 atom stereocenters. The number of nitrogens with zero attached hydrogens (tertiary/aromatic N) is 3. The summed E-state index contributed by atoms with van der Waals surface area (Å²) in [6.07, 6.45) is 1.18. The predicted octanol–water partition coefficient (Wildman–Crippen LogP) is 2.05. The first-order valence-electron chi connectivity index (χ1n) is 10.6. The van der Waals surface area contributed by atoms with E-state index in [-0.39, 0.29) is 18.0 Å². The van der Waals surface area contributed by atoms with E-state index >= 15 is 0 Å². The van der Waals surface area contributed by atoms with Gasteiger partial charge >= 0.3 is 6.09 Å². The van der Waals surface area contributed by atoms with Gasteiger partial charge in [0.1, 0.15) is 0 Å². The lowest BCUT2D eigenvalue weighted by Gasteiger charge is -2.36. The lowest BCUT2D eigenvalue weighted by molar-refractivity contribution is -0.113. The molecule has 3 aliphatic rings. The quantitative estimate of drug-likeness (QED) is 0.763. The van der Waals surface area contributed by atoms with Crippen LogP contribution in [0.5, 0.6) is 0 Å². The van der Waals surface area contributed by atoms with E-state index < -0.39 is 0 Å². The van der Waals surface area contributed by atoms with Crippen molar-refractivity contribution in [1.29, 1.82) is 0 Å². The maximum absolute atomic E-state index is 13.6. The van der Waals surface area contributed by atoms with Crippen molar-refractivity contribution in [3.05, 3.63) is 29.5 Å². The molecule has 8 heteroatoms. The predicted molar refractivity (Wildman–Crippen MR) is 116 cm³/mol. The monoisotopic (exact) mass is 414 g/mol. The summed E-state index contributed by atoms with van der Waals surface area (Å²) in [5, 5.41) is 3.36. The number of nitrogens with one attached hydrogen (secondary N) is 1. The third-order valence-electron chi connectivity index (χ3n) is 5.95. The summed E-state index contributed by atoms with van der Waals surface area (Å²) >= 11 is 0. The van der Waals surface area contributed by atoms with Crippen LogP contribution in [0.1, 0.15) is 25.3 Å². The van der Waals surface area contributed by atoms with Gasteiger partial charge in [-0.2, -0.15) is 0 Å². The van der Waals surface area contributed by atoms with E-state index in [2.05, 4.69) is 11.4 Å². The number of carbonyl (C=O) groups is 2. The zero-order valence-corrected chi connectivity index (χ0v) is 17.9. The van der Waals surface area contributed by atoms with Gasteiger partial charge in [0.15, 0.2) is 0 Å². The molecular formula is C22H30N4O4. The number of hydrogen-bond donors (Lipinski definition) is 1. The number of rotatable bonds is 3. The number of benzene rings is 1. The Hall–Kier alpha value is -2.74. The minimum absolute atomic E-state index is 0.0171. The van der Waals surface area contributed by atoms with Crippen LogP contribution >= 0.6 is 0 Å². The second kappa shape index (κ2) is 8.55. The van der Waals surface area contributed by atoms with Crippen molar-refractivity contribution >= 4 is 28.9 Å². The Bertz CT molecular complexity index is 851. The van der Waals surface area contributed by atoms with E-state index in [4.69, 9.17) is 9.47 Å². The summed E-state index contributed by atoms with van der Waals surface area (Å²) in [6.45, 7) is 5.12. The fraction of sp³-hybridized carbons (Fsp3) is 0.545. The molecule has 0 aliphatic carbocycles. The Morgan fingerprint density at radius 1 is 1.30 bits per heavy atom. The van der Waals surface area contributed by atoms with Gasteiger partial charge in [0, 0.05) is 51.0 Å². The number of piperidine rings is 1.